The number of thioether (sulfide) groups is 1. The molecule has 0 spiro atoms. The number of aromatic nitrogens is 3. The van der Waals surface area contributed by atoms with Crippen LogP contribution in [0, 0.1) is 0 Å². The molecular formula is C16H19N5O5S. The molecule has 10 nitrogen and oxygen atoms in total. The lowest BCUT2D eigenvalue weighted by molar-refractivity contribution is -0.141. The number of hydrogen-bond donors (Lipinski definition) is 1. The van der Waals surface area contributed by atoms with E-state index in [-0.39, 0.29) is 37.0 Å². The van der Waals surface area contributed by atoms with Crippen molar-refractivity contribution in [3.8, 4) is 0 Å². The number of nitrogens with zero attached hydrogens (tertiary/aromatic N) is 4. The maximum Gasteiger partial charge on any atom is 0.356 e. The van der Waals surface area contributed by atoms with Crippen molar-refractivity contribution in [2.24, 2.45) is 7.05 Å². The van der Waals surface area contributed by atoms with Gasteiger partial charge in [0, 0.05) is 7.05 Å². The van der Waals surface area contributed by atoms with Gasteiger partial charge < -0.3 is 24.3 Å². The molecule has 3 rings (SSSR count). The van der Waals surface area contributed by atoms with E-state index in [2.05, 4.69) is 15.3 Å². The number of carbonyl (C=O) groups excluding carboxylic acids is 3. The Bertz CT molecular complexity index is 941. The summed E-state index contributed by atoms with van der Waals surface area (Å²) in [5, 5.41) is 3.65. The summed E-state index contributed by atoms with van der Waals surface area (Å²) in [5.74, 6) is -1.09. The summed E-state index contributed by atoms with van der Waals surface area (Å²) < 4.78 is 11.4. The van der Waals surface area contributed by atoms with E-state index in [1.54, 1.807) is 18.5 Å². The predicted octanol–water partition coefficient (Wildman–Crippen LogP) is 0.798. The van der Waals surface area contributed by atoms with Gasteiger partial charge in [-0.2, -0.15) is 0 Å². The fourth-order valence-corrected chi connectivity index (χ4v) is 3.33. The van der Waals surface area contributed by atoms with Crippen LogP contribution in [0.3, 0.4) is 0 Å². The summed E-state index contributed by atoms with van der Waals surface area (Å²) in [5.41, 5.74) is 0.891. The molecule has 27 heavy (non-hydrogen) atoms. The highest BCUT2D eigenvalue weighted by atomic mass is 32.2. The van der Waals surface area contributed by atoms with E-state index < -0.39 is 11.9 Å². The summed E-state index contributed by atoms with van der Waals surface area (Å²) in [6, 6.07) is 0. The zero-order chi connectivity index (χ0) is 19.7. The smallest absolute Gasteiger partial charge is 0.356 e. The molecule has 144 valence electrons. The Morgan fingerprint density at radius 3 is 2.70 bits per heavy atom. The summed E-state index contributed by atoms with van der Waals surface area (Å²) in [6.07, 6.45) is 1.81. The van der Waals surface area contributed by atoms with Gasteiger partial charge in [-0.3, -0.25) is 9.59 Å². The molecule has 0 radical (unpaired) electrons. The maximum atomic E-state index is 12.4. The molecule has 0 unspecified atom stereocenters. The summed E-state index contributed by atoms with van der Waals surface area (Å²) in [6.45, 7) is 1.68. The minimum Gasteiger partial charge on any atom is -0.465 e. The van der Waals surface area contributed by atoms with Crippen molar-refractivity contribution < 1.29 is 23.9 Å². The molecule has 0 saturated carbocycles. The Labute approximate surface area is 159 Å². The third-order valence-electron chi connectivity index (χ3n) is 4.08. The number of anilines is 2. The first-order valence-corrected chi connectivity index (χ1v) is 9.36. The molecule has 0 aliphatic carbocycles. The van der Waals surface area contributed by atoms with Gasteiger partial charge in [0.05, 0.1) is 31.3 Å². The normalized spacial score (nSPS) is 13.3. The van der Waals surface area contributed by atoms with Crippen LogP contribution in [0.4, 0.5) is 11.5 Å². The molecule has 2 aromatic rings. The van der Waals surface area contributed by atoms with E-state index in [1.165, 1.54) is 23.8 Å². The Morgan fingerprint density at radius 1 is 1.33 bits per heavy atom. The average Bonchev–Trinajstić information content (AvgIpc) is 2.83. The molecule has 0 fully saturated rings. The first-order valence-electron chi connectivity index (χ1n) is 8.14. The van der Waals surface area contributed by atoms with Crippen LogP contribution in [-0.4, -0.2) is 65.4 Å². The molecule has 0 aromatic carbocycles. The number of ether oxygens (including phenoxy) is 2. The van der Waals surface area contributed by atoms with Gasteiger partial charge in [-0.25, -0.2) is 14.8 Å². The number of aryl methyl sites for hydroxylation is 1. The van der Waals surface area contributed by atoms with Gasteiger partial charge in [0.1, 0.15) is 18.0 Å². The highest BCUT2D eigenvalue weighted by Crippen LogP contribution is 2.38. The molecular weight excluding hydrogens is 374 g/mol. The summed E-state index contributed by atoms with van der Waals surface area (Å²) in [4.78, 5) is 47.2. The maximum absolute atomic E-state index is 12.4. The van der Waals surface area contributed by atoms with Crippen LogP contribution in [0.2, 0.25) is 0 Å². The van der Waals surface area contributed by atoms with Crippen molar-refractivity contribution >= 4 is 52.1 Å². The third-order valence-corrected chi connectivity index (χ3v) is 4.62. The lowest BCUT2D eigenvalue weighted by Gasteiger charge is -2.21. The van der Waals surface area contributed by atoms with E-state index >= 15 is 0 Å². The minimum absolute atomic E-state index is 0.113. The van der Waals surface area contributed by atoms with Gasteiger partial charge in [-0.15, -0.1) is 0 Å². The number of nitrogens with one attached hydrogen (secondary N) is 1. The molecule has 3 heterocycles. The predicted molar refractivity (Wildman–Crippen MR) is 99.1 cm³/mol. The zero-order valence-corrected chi connectivity index (χ0v) is 16.2. The van der Waals surface area contributed by atoms with E-state index in [4.69, 9.17) is 9.47 Å². The lowest BCUT2D eigenvalue weighted by Crippen LogP contribution is -2.37. The second-order valence-corrected chi connectivity index (χ2v) is 6.49. The van der Waals surface area contributed by atoms with Crippen molar-refractivity contribution in [2.45, 2.75) is 12.1 Å². The average molecular weight is 393 g/mol. The van der Waals surface area contributed by atoms with Crippen LogP contribution in [0.5, 0.6) is 0 Å². The van der Waals surface area contributed by atoms with E-state index in [0.717, 1.165) is 0 Å². The topological polar surface area (TPSA) is 116 Å². The van der Waals surface area contributed by atoms with Gasteiger partial charge in [0.25, 0.3) is 0 Å². The van der Waals surface area contributed by atoms with Crippen LogP contribution >= 0.6 is 11.8 Å². The first kappa shape index (κ1) is 19.0. The van der Waals surface area contributed by atoms with Crippen LogP contribution in [0.15, 0.2) is 5.16 Å². The van der Waals surface area contributed by atoms with Crippen LogP contribution in [0.1, 0.15) is 17.4 Å². The molecule has 0 saturated heterocycles. The largest absolute Gasteiger partial charge is 0.465 e. The van der Waals surface area contributed by atoms with Crippen molar-refractivity contribution in [1.29, 1.82) is 0 Å². The SMILES string of the molecule is CCOC(=O)CN1CC(=O)Nc2c(C(=O)OC)n(C)c3nc(SC)nc1c23. The second kappa shape index (κ2) is 7.43. The quantitative estimate of drug-likeness (QED) is 0.447. The lowest BCUT2D eigenvalue weighted by atomic mass is 10.2. The molecule has 1 aliphatic heterocycles. The Hall–Kier alpha value is -2.82. The van der Waals surface area contributed by atoms with Crippen molar-refractivity contribution in [2.75, 3.05) is 43.3 Å². The van der Waals surface area contributed by atoms with E-state index in [9.17, 15) is 14.4 Å². The minimum atomic E-state index is -0.610. The molecule has 0 bridgehead atoms. The number of carbonyl (C=O) groups is 3. The zero-order valence-electron chi connectivity index (χ0n) is 15.4. The second-order valence-electron chi connectivity index (χ2n) is 5.72. The molecule has 2 aromatic heterocycles. The highest BCUT2D eigenvalue weighted by molar-refractivity contribution is 7.98. The van der Waals surface area contributed by atoms with Gasteiger partial charge in [0.15, 0.2) is 10.9 Å². The monoisotopic (exact) mass is 393 g/mol. The Kier molecular flexibility index (Phi) is 5.22. The Balaban J connectivity index is 2.27. The van der Waals surface area contributed by atoms with Crippen molar-refractivity contribution in [3.05, 3.63) is 5.69 Å². The summed E-state index contributed by atoms with van der Waals surface area (Å²) >= 11 is 1.31. The third kappa shape index (κ3) is 3.29. The van der Waals surface area contributed by atoms with Gasteiger partial charge >= 0.3 is 11.9 Å². The number of hydrogen-bond acceptors (Lipinski definition) is 9. The fourth-order valence-electron chi connectivity index (χ4n) is 2.97. The number of rotatable bonds is 5. The number of methoxy groups -OCH3 is 1. The molecule has 1 aliphatic rings. The fraction of sp³-hybridized carbons (Fsp3) is 0.438. The van der Waals surface area contributed by atoms with Crippen LogP contribution in [-0.2, 0) is 26.1 Å². The van der Waals surface area contributed by atoms with Crippen LogP contribution < -0.4 is 10.2 Å². The van der Waals surface area contributed by atoms with Gasteiger partial charge in [-0.05, 0) is 13.2 Å². The van der Waals surface area contributed by atoms with Crippen LogP contribution in [0.25, 0.3) is 11.0 Å². The van der Waals surface area contributed by atoms with E-state index in [0.29, 0.717) is 22.0 Å². The molecule has 1 N–H and O–H groups in total. The van der Waals surface area contributed by atoms with Crippen molar-refractivity contribution in [1.82, 2.24) is 14.5 Å². The number of amides is 1. The number of esters is 2. The molecule has 0 atom stereocenters. The molecule has 11 heteroatoms. The summed E-state index contributed by atoms with van der Waals surface area (Å²) in [7, 11) is 2.92. The highest BCUT2D eigenvalue weighted by Gasteiger charge is 2.33. The van der Waals surface area contributed by atoms with Gasteiger partial charge in [0.2, 0.25) is 5.91 Å². The first-order chi connectivity index (χ1) is 12.9. The van der Waals surface area contributed by atoms with Crippen molar-refractivity contribution in [3.63, 3.8) is 0 Å². The molecule has 1 amide bonds. The van der Waals surface area contributed by atoms with Gasteiger partial charge in [-0.1, -0.05) is 11.8 Å². The standard InChI is InChI=1S/C16H19N5O5S/c1-5-26-9(23)7-21-6-8(22)17-11-10-13(18-16(27-4)19-14(10)21)20(2)12(11)15(24)25-3/h5-7H2,1-4H3,(H,17,22). The Morgan fingerprint density at radius 2 is 2.07 bits per heavy atom. The van der Waals surface area contributed by atoms with E-state index in [1.807, 2.05) is 6.26 Å².